The first-order valence-corrected chi connectivity index (χ1v) is 15.5. The number of rotatable bonds is 8. The number of nitrogens with zero attached hydrogens (tertiary/aromatic N) is 2. The van der Waals surface area contributed by atoms with Crippen molar-refractivity contribution in [3.05, 3.63) is 74.7 Å². The fourth-order valence-corrected chi connectivity index (χ4v) is 7.61. The van der Waals surface area contributed by atoms with Gasteiger partial charge in [-0.25, -0.2) is 9.97 Å². The van der Waals surface area contributed by atoms with Crippen LogP contribution in [0.3, 0.4) is 0 Å². The minimum absolute atomic E-state index is 0.155. The summed E-state index contributed by atoms with van der Waals surface area (Å²) in [5.41, 5.74) is 6.52. The van der Waals surface area contributed by atoms with Gasteiger partial charge in [0.1, 0.15) is 5.01 Å². The molecule has 6 rings (SSSR count). The van der Waals surface area contributed by atoms with Crippen molar-refractivity contribution >= 4 is 40.4 Å². The molecule has 4 aromatic rings. The molecule has 0 radical (unpaired) electrons. The lowest BCUT2D eigenvalue weighted by Crippen LogP contribution is -2.25. The van der Waals surface area contributed by atoms with Crippen LogP contribution < -0.4 is 10.1 Å². The van der Waals surface area contributed by atoms with Gasteiger partial charge in [0.2, 0.25) is 11.8 Å². The van der Waals surface area contributed by atoms with Gasteiger partial charge in [-0.1, -0.05) is 65.7 Å². The summed E-state index contributed by atoms with van der Waals surface area (Å²) in [6.45, 7) is 0. The van der Waals surface area contributed by atoms with Crippen molar-refractivity contribution < 1.29 is 9.53 Å². The Hall–Kier alpha value is -2.93. The highest BCUT2D eigenvalue weighted by Crippen LogP contribution is 2.44. The van der Waals surface area contributed by atoms with Crippen LogP contribution >= 0.6 is 34.5 Å². The van der Waals surface area contributed by atoms with Crippen LogP contribution in [0.1, 0.15) is 54.7 Å². The molecule has 1 aliphatic heterocycles. The van der Waals surface area contributed by atoms with Gasteiger partial charge in [-0.15, -0.1) is 11.3 Å². The molecule has 2 aromatic heterocycles. The Morgan fingerprint density at radius 3 is 2.38 bits per heavy atom. The molecule has 1 saturated heterocycles. The molecule has 0 saturated carbocycles. The van der Waals surface area contributed by atoms with Gasteiger partial charge in [-0.05, 0) is 57.4 Å². The summed E-state index contributed by atoms with van der Waals surface area (Å²) < 4.78 is 5.67. The van der Waals surface area contributed by atoms with Crippen LogP contribution in [0.2, 0.25) is 10.0 Å². The first kappa shape index (κ1) is 27.3. The molecule has 5 nitrogen and oxygen atoms in total. The highest BCUT2D eigenvalue weighted by Gasteiger charge is 2.22. The molecular weight excluding hydrogens is 561 g/mol. The van der Waals surface area contributed by atoms with Crippen molar-refractivity contribution in [1.29, 1.82) is 0 Å². The number of pyridine rings is 1. The van der Waals surface area contributed by atoms with E-state index in [1.54, 1.807) is 18.4 Å². The van der Waals surface area contributed by atoms with Crippen molar-refractivity contribution in [3.63, 3.8) is 0 Å². The number of hydrogen-bond acceptors (Lipinski definition) is 5. The number of hydrogen-bond donors (Lipinski definition) is 1. The number of aromatic nitrogens is 2. The quantitative estimate of drug-likeness (QED) is 0.223. The monoisotopic (exact) mass is 591 g/mol. The summed E-state index contributed by atoms with van der Waals surface area (Å²) in [7, 11) is 1.65. The van der Waals surface area contributed by atoms with E-state index in [-0.39, 0.29) is 11.9 Å². The van der Waals surface area contributed by atoms with Gasteiger partial charge in [0.15, 0.2) is 0 Å². The van der Waals surface area contributed by atoms with Crippen LogP contribution in [0.15, 0.2) is 48.5 Å². The number of fused-ring (bicyclic) bond motifs is 1. The molecular formula is C32H31Cl2N3O2S. The van der Waals surface area contributed by atoms with Crippen LogP contribution in [-0.2, 0) is 24.1 Å². The molecule has 2 aliphatic rings. The Morgan fingerprint density at radius 2 is 1.65 bits per heavy atom. The molecule has 3 heterocycles. The molecule has 2 aromatic carbocycles. The molecule has 1 N–H and O–H groups in total. The Morgan fingerprint density at radius 1 is 0.925 bits per heavy atom. The maximum atomic E-state index is 11.5. The topological polar surface area (TPSA) is 64.1 Å². The number of methoxy groups -OCH3 is 1. The van der Waals surface area contributed by atoms with Gasteiger partial charge in [-0.3, -0.25) is 4.79 Å². The van der Waals surface area contributed by atoms with E-state index in [0.717, 1.165) is 77.0 Å². The third kappa shape index (κ3) is 5.50. The Bertz CT molecular complexity index is 1540. The number of thiazole rings is 1. The fourth-order valence-electron chi connectivity index (χ4n) is 5.73. The average Bonchev–Trinajstić information content (AvgIpc) is 3.59. The molecule has 206 valence electrons. The van der Waals surface area contributed by atoms with E-state index in [1.165, 1.54) is 23.4 Å². The predicted octanol–water partition coefficient (Wildman–Crippen LogP) is 8.33. The standard InChI is InChI=1S/C32H31Cl2N3O2S/c1-39-31-19(7-4-8-20-16-18-28(38)35-20)15-17-25(36-31)23-11-5-9-21(29(23)33)22-10-6-12-24(30(22)34)32-37-26-13-2-3-14-27(26)40-32/h5-6,9-12,15,17,20H,2-4,7-8,13-14,16,18H2,1H3,(H,35,38)/t20-/m1/s1. The second-order valence-electron chi connectivity index (χ2n) is 10.5. The zero-order valence-electron chi connectivity index (χ0n) is 22.4. The third-order valence-electron chi connectivity index (χ3n) is 7.86. The van der Waals surface area contributed by atoms with Crippen molar-refractivity contribution in [2.75, 3.05) is 7.11 Å². The first-order valence-electron chi connectivity index (χ1n) is 13.9. The zero-order valence-corrected chi connectivity index (χ0v) is 24.8. The molecule has 0 unspecified atom stereocenters. The smallest absolute Gasteiger partial charge is 0.220 e. The van der Waals surface area contributed by atoms with Crippen molar-refractivity contribution in [3.8, 4) is 38.8 Å². The average molecular weight is 593 g/mol. The molecule has 0 bridgehead atoms. The number of nitrogens with one attached hydrogen (secondary N) is 1. The van der Waals surface area contributed by atoms with Crippen LogP contribution in [0.25, 0.3) is 33.0 Å². The summed E-state index contributed by atoms with van der Waals surface area (Å²) in [6, 6.07) is 16.4. The highest BCUT2D eigenvalue weighted by atomic mass is 35.5. The van der Waals surface area contributed by atoms with Crippen LogP contribution in [0.4, 0.5) is 0 Å². The SMILES string of the molecule is COc1nc(-c2cccc(-c3cccc(-c4nc5c(s4)CCCC5)c3Cl)c2Cl)ccc1CCC[C@@H]1CCC(=O)N1. The number of aryl methyl sites for hydroxylation is 3. The Balaban J connectivity index is 1.27. The van der Waals surface area contributed by atoms with Gasteiger partial charge in [0.25, 0.3) is 0 Å². The van der Waals surface area contributed by atoms with E-state index < -0.39 is 0 Å². The number of carbonyl (C=O) groups is 1. The Kier molecular flexibility index (Phi) is 8.10. The van der Waals surface area contributed by atoms with Crippen molar-refractivity contribution in [2.45, 2.75) is 63.8 Å². The predicted molar refractivity (Wildman–Crippen MR) is 164 cm³/mol. The number of ether oxygens (including phenoxy) is 1. The second kappa shape index (κ2) is 11.9. The molecule has 8 heteroatoms. The van der Waals surface area contributed by atoms with E-state index in [9.17, 15) is 4.79 Å². The van der Waals surface area contributed by atoms with Gasteiger partial charge in [0.05, 0.1) is 28.5 Å². The summed E-state index contributed by atoms with van der Waals surface area (Å²) in [6.07, 6.45) is 8.87. The summed E-state index contributed by atoms with van der Waals surface area (Å²) in [5, 5.41) is 5.27. The normalized spacial score (nSPS) is 16.6. The number of carbonyl (C=O) groups excluding carboxylic acids is 1. The third-order valence-corrected chi connectivity index (χ3v) is 9.86. The molecule has 1 atom stereocenters. The van der Waals surface area contributed by atoms with Crippen LogP contribution in [0.5, 0.6) is 5.88 Å². The Labute approximate surface area is 248 Å². The van der Waals surface area contributed by atoms with Gasteiger partial charge >= 0.3 is 0 Å². The van der Waals surface area contributed by atoms with Crippen LogP contribution in [-0.4, -0.2) is 29.0 Å². The number of halogens is 2. The fraction of sp³-hybridized carbons (Fsp3) is 0.344. The maximum absolute atomic E-state index is 11.5. The molecule has 0 spiro atoms. The van der Waals surface area contributed by atoms with E-state index in [1.807, 2.05) is 42.5 Å². The highest BCUT2D eigenvalue weighted by molar-refractivity contribution is 7.15. The lowest BCUT2D eigenvalue weighted by atomic mass is 9.98. The summed E-state index contributed by atoms with van der Waals surface area (Å²) >= 11 is 15.8. The van der Waals surface area contributed by atoms with E-state index in [4.69, 9.17) is 37.9 Å². The summed E-state index contributed by atoms with van der Waals surface area (Å²) in [5.74, 6) is 0.754. The van der Waals surface area contributed by atoms with Gasteiger partial charge in [-0.2, -0.15) is 0 Å². The lowest BCUT2D eigenvalue weighted by Gasteiger charge is -2.15. The maximum Gasteiger partial charge on any atom is 0.220 e. The molecule has 40 heavy (non-hydrogen) atoms. The van der Waals surface area contributed by atoms with Crippen molar-refractivity contribution in [1.82, 2.24) is 15.3 Å². The van der Waals surface area contributed by atoms with Gasteiger partial charge < -0.3 is 10.1 Å². The first-order chi connectivity index (χ1) is 19.5. The minimum atomic E-state index is 0.155. The van der Waals surface area contributed by atoms with E-state index in [0.29, 0.717) is 22.3 Å². The van der Waals surface area contributed by atoms with E-state index in [2.05, 4.69) is 11.4 Å². The minimum Gasteiger partial charge on any atom is -0.481 e. The second-order valence-corrected chi connectivity index (χ2v) is 12.3. The van der Waals surface area contributed by atoms with Crippen LogP contribution in [0, 0.1) is 0 Å². The van der Waals surface area contributed by atoms with Crippen molar-refractivity contribution in [2.24, 2.45) is 0 Å². The van der Waals surface area contributed by atoms with Gasteiger partial charge in [0, 0.05) is 45.2 Å². The molecule has 1 amide bonds. The number of benzene rings is 2. The van der Waals surface area contributed by atoms with E-state index >= 15 is 0 Å². The molecule has 1 fully saturated rings. The largest absolute Gasteiger partial charge is 0.481 e. The zero-order chi connectivity index (χ0) is 27.6. The lowest BCUT2D eigenvalue weighted by molar-refractivity contribution is -0.119. The molecule has 1 aliphatic carbocycles. The number of amides is 1. The summed E-state index contributed by atoms with van der Waals surface area (Å²) in [4.78, 5) is 22.6.